The molecule has 0 bridgehead atoms. The smallest absolute Gasteiger partial charge is 0.857 e. The van der Waals surface area contributed by atoms with E-state index in [-0.39, 0.29) is 61.9 Å². The number of hydrogen-bond donors (Lipinski definition) is 2. The molecule has 8 aromatic rings. The Balaban J connectivity index is 0.000000218. The normalized spacial score (nSPS) is 11.6. The van der Waals surface area contributed by atoms with Crippen LogP contribution in [0.15, 0.2) is 152 Å². The van der Waals surface area contributed by atoms with Crippen molar-refractivity contribution >= 4 is 54.7 Å². The molecule has 4 heterocycles. The van der Waals surface area contributed by atoms with Crippen molar-refractivity contribution < 1.29 is 44.1 Å². The fraction of sp³-hybridized carbons (Fsp3) is 0.136. The molecular weight excluding hydrogens is 948 g/mol. The summed E-state index contributed by atoms with van der Waals surface area (Å²) in [6.07, 6.45) is 0. The zero-order valence-corrected chi connectivity index (χ0v) is 39.1. The van der Waals surface area contributed by atoms with E-state index in [0.717, 1.165) is 0 Å². The molecule has 20 nitrogen and oxygen atoms in total. The maximum absolute atomic E-state index is 12.7. The Labute approximate surface area is 396 Å². The molecule has 0 amide bonds. The van der Waals surface area contributed by atoms with Crippen molar-refractivity contribution in [2.75, 3.05) is 9.44 Å². The van der Waals surface area contributed by atoms with Gasteiger partial charge in [-0.3, -0.25) is 0 Å². The van der Waals surface area contributed by atoms with E-state index in [0.29, 0.717) is 56.9 Å². The molecular formula is C44H40CuN14O6S2. The van der Waals surface area contributed by atoms with Crippen LogP contribution in [0.3, 0.4) is 0 Å². The summed E-state index contributed by atoms with van der Waals surface area (Å²) in [6.45, 7) is 10.4. The van der Waals surface area contributed by atoms with E-state index >= 15 is 0 Å². The molecule has 2 N–H and O–H groups in total. The van der Waals surface area contributed by atoms with Gasteiger partial charge in [0.25, 0.3) is 20.0 Å². The van der Waals surface area contributed by atoms with E-state index in [1.807, 2.05) is 36.4 Å². The first-order valence-electron chi connectivity index (χ1n) is 19.8. The molecule has 0 aliphatic carbocycles. The Morgan fingerprint density at radius 3 is 1.09 bits per heavy atom. The summed E-state index contributed by atoms with van der Waals surface area (Å²) in [4.78, 5) is 16.4. The average molecular weight is 989 g/mol. The van der Waals surface area contributed by atoms with Crippen molar-refractivity contribution in [3.8, 4) is 23.1 Å². The fourth-order valence-electron chi connectivity index (χ4n) is 6.22. The third kappa shape index (κ3) is 12.0. The van der Waals surface area contributed by atoms with Gasteiger partial charge >= 0.3 is 17.1 Å². The van der Waals surface area contributed by atoms with Crippen LogP contribution >= 0.6 is 0 Å². The van der Waals surface area contributed by atoms with Crippen molar-refractivity contribution in [3.63, 3.8) is 0 Å². The average Bonchev–Trinajstić information content (AvgIpc) is 3.73. The molecule has 4 aromatic heterocycles. The van der Waals surface area contributed by atoms with E-state index in [1.165, 1.54) is 57.9 Å². The number of nitrogens with zero attached hydrogens (tertiary/aromatic N) is 12. The summed E-state index contributed by atoms with van der Waals surface area (Å²) < 4.78 is 57.8. The quantitative estimate of drug-likeness (QED) is 0.0878. The Morgan fingerprint density at radius 2 is 0.776 bits per heavy atom. The van der Waals surface area contributed by atoms with Gasteiger partial charge in [-0.2, -0.15) is 20.4 Å². The maximum Gasteiger partial charge on any atom is 2.00 e. The van der Waals surface area contributed by atoms with Crippen LogP contribution in [0.25, 0.3) is 11.4 Å². The van der Waals surface area contributed by atoms with E-state index in [2.05, 4.69) is 60.0 Å². The van der Waals surface area contributed by atoms with Gasteiger partial charge < -0.3 is 10.2 Å². The molecule has 345 valence electrons. The van der Waals surface area contributed by atoms with E-state index in [1.54, 1.807) is 77.9 Å². The van der Waals surface area contributed by atoms with E-state index in [4.69, 9.17) is 0 Å². The topological polar surface area (TPSA) is 275 Å². The van der Waals surface area contributed by atoms with Gasteiger partial charge in [-0.15, -0.1) is 10.2 Å². The van der Waals surface area contributed by atoms with Crippen LogP contribution in [0.2, 0.25) is 0 Å². The molecule has 1 radical (unpaired) electrons. The van der Waals surface area contributed by atoms with Crippen LogP contribution in [-0.4, -0.2) is 56.3 Å². The van der Waals surface area contributed by atoms with Crippen LogP contribution in [-0.2, 0) is 37.1 Å². The number of hydrogen-bond acceptors (Lipinski definition) is 16. The molecule has 4 aromatic carbocycles. The zero-order valence-electron chi connectivity index (χ0n) is 36.5. The molecule has 0 spiro atoms. The molecule has 0 atom stereocenters. The first kappa shape index (κ1) is 48.7. The van der Waals surface area contributed by atoms with Crippen LogP contribution < -0.4 is 19.7 Å². The number of rotatable bonds is 12. The molecule has 0 aliphatic rings. The minimum absolute atomic E-state index is 0. The fourth-order valence-corrected chi connectivity index (χ4v) is 8.10. The summed E-state index contributed by atoms with van der Waals surface area (Å²) in [5, 5.41) is 50.0. The van der Waals surface area contributed by atoms with Crippen LogP contribution in [0.1, 0.15) is 34.2 Å². The monoisotopic (exact) mass is 987 g/mol. The number of aromatic nitrogens is 8. The largest absolute Gasteiger partial charge is 2.00 e. The van der Waals surface area contributed by atoms with Gasteiger partial charge in [0.05, 0.1) is 43.9 Å². The number of nitrogens with one attached hydrogen (secondary N) is 2. The zero-order chi connectivity index (χ0) is 47.2. The Hall–Kier alpha value is -7.72. The van der Waals surface area contributed by atoms with Crippen molar-refractivity contribution in [3.05, 3.63) is 155 Å². The second-order valence-corrected chi connectivity index (χ2v) is 17.9. The number of sulfonamides is 2. The minimum Gasteiger partial charge on any atom is -0.857 e. The molecule has 0 aliphatic heterocycles. The summed E-state index contributed by atoms with van der Waals surface area (Å²) in [5.41, 5.74) is 5.72. The second-order valence-electron chi connectivity index (χ2n) is 14.5. The van der Waals surface area contributed by atoms with Gasteiger partial charge in [0.2, 0.25) is 11.9 Å². The van der Waals surface area contributed by atoms with Gasteiger partial charge in [-0.1, -0.05) is 36.4 Å². The second kappa shape index (κ2) is 20.6. The Morgan fingerprint density at radius 1 is 0.463 bits per heavy atom. The Kier molecular flexibility index (Phi) is 15.0. The number of benzene rings is 4. The predicted molar refractivity (Wildman–Crippen MR) is 241 cm³/mol. The van der Waals surface area contributed by atoms with Crippen molar-refractivity contribution in [2.45, 2.75) is 51.3 Å². The number of aryl methyl sites for hydroxylation is 6. The summed E-state index contributed by atoms with van der Waals surface area (Å²) in [7, 11) is -7.76. The number of para-hydroxylation sites is 2. The molecule has 23 heteroatoms. The first-order chi connectivity index (χ1) is 31.5. The predicted octanol–water partition coefficient (Wildman–Crippen LogP) is 7.75. The van der Waals surface area contributed by atoms with E-state index < -0.39 is 20.0 Å². The van der Waals surface area contributed by atoms with Crippen molar-refractivity contribution in [1.29, 1.82) is 0 Å². The minimum atomic E-state index is -3.88. The molecule has 0 saturated heterocycles. The molecule has 0 saturated carbocycles. The Bertz CT molecular complexity index is 3050. The van der Waals surface area contributed by atoms with Crippen molar-refractivity contribution in [1.82, 2.24) is 39.5 Å². The first-order valence-corrected chi connectivity index (χ1v) is 22.8. The molecule has 0 unspecified atom stereocenters. The van der Waals surface area contributed by atoms with Gasteiger partial charge in [-0.25, -0.2) is 55.6 Å². The summed E-state index contributed by atoms with van der Waals surface area (Å²) >= 11 is 0. The number of anilines is 2. The van der Waals surface area contributed by atoms with Crippen LogP contribution in [0.4, 0.5) is 34.6 Å². The van der Waals surface area contributed by atoms with Crippen LogP contribution in [0.5, 0.6) is 11.8 Å². The standard InChI is InChI=1S/2C22H21N7O3S.Cu/c2*1-14-13-15(2)24-22(23-14)28-33(31,32)19-11-9-17(10-12-19)25-26-20-16(3)27-29(21(20)30)18-7-5-4-6-8-18;/h2*4-13,30H,1-3H3,(H,23,24,28);/q;;+2/p-2. The van der Waals surface area contributed by atoms with Gasteiger partial charge in [0.1, 0.15) is 11.4 Å². The maximum atomic E-state index is 12.7. The summed E-state index contributed by atoms with van der Waals surface area (Å²) in [5.74, 6) is -0.770. The van der Waals surface area contributed by atoms with Gasteiger partial charge in [-0.05, 0) is 126 Å². The van der Waals surface area contributed by atoms with Crippen molar-refractivity contribution in [2.24, 2.45) is 20.5 Å². The SMILES string of the molecule is Cc1cc(C)nc(NS(=O)(=O)c2ccc(N=Nc3c(C)nn(-c4ccccc4)c3[O-])cc2)n1.Cc1cc(C)nc(NS(=O)(=O)c2ccc(N=Nc3c(C)nn(-c4ccccc4)c3[O-])cc2)n1.[Cu+2]. The van der Waals surface area contributed by atoms with Gasteiger partial charge in [0.15, 0.2) is 0 Å². The third-order valence-electron chi connectivity index (χ3n) is 9.22. The van der Waals surface area contributed by atoms with E-state index in [9.17, 15) is 27.0 Å². The molecule has 0 fully saturated rings. The number of azo groups is 2. The molecule has 8 rings (SSSR count). The van der Waals surface area contributed by atoms with Crippen LogP contribution in [0, 0.1) is 41.5 Å². The molecule has 67 heavy (non-hydrogen) atoms. The van der Waals surface area contributed by atoms with Gasteiger partial charge in [0, 0.05) is 34.5 Å². The third-order valence-corrected chi connectivity index (χ3v) is 11.9. The summed E-state index contributed by atoms with van der Waals surface area (Å²) in [6, 6.07) is 33.0.